The Morgan fingerprint density at radius 2 is 1.83 bits per heavy atom. The van der Waals surface area contributed by atoms with Gasteiger partial charge in [-0.05, 0) is 29.8 Å². The molecule has 0 saturated heterocycles. The molecular formula is C18H14F3N3O5. The number of rotatable bonds is 4. The fraction of sp³-hybridized carbons (Fsp3) is 0.167. The minimum atomic E-state index is -4.59. The minimum absolute atomic E-state index is 0.0873. The summed E-state index contributed by atoms with van der Waals surface area (Å²) in [4.78, 5) is 36.4. The highest BCUT2D eigenvalue weighted by Gasteiger charge is 2.30. The molecule has 0 aliphatic rings. The number of aromatic nitrogens is 2. The molecule has 0 aliphatic carbocycles. The second-order valence-corrected chi connectivity index (χ2v) is 6.20. The van der Waals surface area contributed by atoms with Crippen molar-refractivity contribution in [2.24, 2.45) is 5.73 Å². The number of aliphatic hydroxyl groups is 1. The SMILES string of the molecule is NC(C(=O)O)C(O)=c1c(=O)c2cccn2n(Cc2cccc(C(F)(F)F)c2)c1=O. The van der Waals surface area contributed by atoms with Gasteiger partial charge < -0.3 is 15.9 Å². The molecule has 1 unspecified atom stereocenters. The largest absolute Gasteiger partial charge is 0.509 e. The summed E-state index contributed by atoms with van der Waals surface area (Å²) in [5.74, 6) is -2.80. The molecule has 0 bridgehead atoms. The number of carbonyl (C=O) groups is 1. The summed E-state index contributed by atoms with van der Waals surface area (Å²) in [5.41, 5.74) is 2.36. The molecule has 0 aliphatic heterocycles. The number of nitrogens with zero attached hydrogens (tertiary/aromatic N) is 2. The molecule has 0 spiro atoms. The van der Waals surface area contributed by atoms with E-state index in [1.165, 1.54) is 30.5 Å². The summed E-state index contributed by atoms with van der Waals surface area (Å²) in [6.45, 7) is -0.378. The van der Waals surface area contributed by atoms with Crippen molar-refractivity contribution in [2.45, 2.75) is 18.8 Å². The van der Waals surface area contributed by atoms with Crippen LogP contribution in [0.25, 0.3) is 11.3 Å². The third kappa shape index (κ3) is 3.59. The first kappa shape index (κ1) is 20.1. The van der Waals surface area contributed by atoms with Gasteiger partial charge in [0.2, 0.25) is 5.43 Å². The molecule has 2 heterocycles. The van der Waals surface area contributed by atoms with E-state index in [0.29, 0.717) is 0 Å². The van der Waals surface area contributed by atoms with E-state index in [0.717, 1.165) is 21.3 Å². The van der Waals surface area contributed by atoms with Gasteiger partial charge in [-0.25, -0.2) is 4.68 Å². The quantitative estimate of drug-likeness (QED) is 0.570. The van der Waals surface area contributed by atoms with Crippen LogP contribution in [0, 0.1) is 0 Å². The van der Waals surface area contributed by atoms with Crippen molar-refractivity contribution < 1.29 is 28.2 Å². The lowest BCUT2D eigenvalue weighted by Crippen LogP contribution is -2.51. The maximum Gasteiger partial charge on any atom is 0.416 e. The average Bonchev–Trinajstić information content (AvgIpc) is 3.14. The van der Waals surface area contributed by atoms with Crippen molar-refractivity contribution in [3.8, 4) is 0 Å². The Bertz CT molecular complexity index is 1280. The molecule has 0 radical (unpaired) electrons. The van der Waals surface area contributed by atoms with Crippen LogP contribution in [0.2, 0.25) is 0 Å². The van der Waals surface area contributed by atoms with Gasteiger partial charge in [-0.3, -0.25) is 18.9 Å². The molecule has 152 valence electrons. The summed E-state index contributed by atoms with van der Waals surface area (Å²) in [6.07, 6.45) is -3.25. The van der Waals surface area contributed by atoms with Gasteiger partial charge >= 0.3 is 12.1 Å². The lowest BCUT2D eigenvalue weighted by Gasteiger charge is -2.13. The number of benzene rings is 1. The van der Waals surface area contributed by atoms with Crippen LogP contribution < -0.4 is 21.9 Å². The molecule has 1 aromatic carbocycles. The van der Waals surface area contributed by atoms with Crippen molar-refractivity contribution >= 4 is 17.2 Å². The van der Waals surface area contributed by atoms with Crippen molar-refractivity contribution in [3.63, 3.8) is 0 Å². The first-order valence-corrected chi connectivity index (χ1v) is 8.14. The Morgan fingerprint density at radius 1 is 1.14 bits per heavy atom. The van der Waals surface area contributed by atoms with Gasteiger partial charge in [0.05, 0.1) is 12.1 Å². The molecule has 2 aromatic heterocycles. The Morgan fingerprint density at radius 3 is 2.45 bits per heavy atom. The summed E-state index contributed by atoms with van der Waals surface area (Å²) in [7, 11) is 0. The van der Waals surface area contributed by atoms with E-state index in [1.54, 1.807) is 0 Å². The van der Waals surface area contributed by atoms with Gasteiger partial charge in [0, 0.05) is 6.20 Å². The molecule has 29 heavy (non-hydrogen) atoms. The van der Waals surface area contributed by atoms with Crippen LogP contribution in [0.15, 0.2) is 52.2 Å². The highest BCUT2D eigenvalue weighted by atomic mass is 19.4. The molecule has 0 amide bonds. The second kappa shape index (κ2) is 7.09. The molecule has 4 N–H and O–H groups in total. The number of hydrogen-bond acceptors (Lipinski definition) is 5. The van der Waals surface area contributed by atoms with Gasteiger partial charge in [0.1, 0.15) is 16.5 Å². The van der Waals surface area contributed by atoms with E-state index < -0.39 is 45.7 Å². The van der Waals surface area contributed by atoms with Crippen LogP contribution in [0.1, 0.15) is 11.1 Å². The standard InChI is InChI=1S/C18H14F3N3O5/c19-18(20,21)10-4-1-3-9(7-10)8-24-16(27)12(15(26)13(22)17(28)29)14(25)11-5-2-6-23(11)24/h1-7,13,26H,8,22H2,(H,28,29). The van der Waals surface area contributed by atoms with Crippen molar-refractivity contribution in [1.29, 1.82) is 0 Å². The second-order valence-electron chi connectivity index (χ2n) is 6.20. The fourth-order valence-corrected chi connectivity index (χ4v) is 2.88. The molecule has 1 atom stereocenters. The Kier molecular flexibility index (Phi) is 4.93. The third-order valence-corrected chi connectivity index (χ3v) is 4.30. The number of fused-ring (bicyclic) bond motifs is 1. The van der Waals surface area contributed by atoms with Crippen LogP contribution >= 0.6 is 0 Å². The summed E-state index contributed by atoms with van der Waals surface area (Å²) < 4.78 is 40.9. The van der Waals surface area contributed by atoms with Crippen LogP contribution in [-0.4, -0.2) is 31.4 Å². The Hall–Kier alpha value is -3.60. The monoisotopic (exact) mass is 409 g/mol. The zero-order valence-corrected chi connectivity index (χ0v) is 14.6. The van der Waals surface area contributed by atoms with Crippen molar-refractivity contribution in [2.75, 3.05) is 0 Å². The normalized spacial score (nSPS) is 14.1. The Balaban J connectivity index is 2.29. The maximum atomic E-state index is 13.0. The van der Waals surface area contributed by atoms with E-state index in [-0.39, 0.29) is 17.6 Å². The minimum Gasteiger partial charge on any atom is -0.509 e. The van der Waals surface area contributed by atoms with Crippen LogP contribution in [0.3, 0.4) is 0 Å². The molecule has 8 nitrogen and oxygen atoms in total. The third-order valence-electron chi connectivity index (χ3n) is 4.30. The van der Waals surface area contributed by atoms with Crippen LogP contribution in [0.4, 0.5) is 13.2 Å². The summed E-state index contributed by atoms with van der Waals surface area (Å²) in [6, 6.07) is 4.95. The van der Waals surface area contributed by atoms with E-state index in [2.05, 4.69) is 0 Å². The van der Waals surface area contributed by atoms with Gasteiger partial charge in [-0.1, -0.05) is 12.1 Å². The Labute approximate surface area is 159 Å². The smallest absolute Gasteiger partial charge is 0.416 e. The van der Waals surface area contributed by atoms with E-state index in [1.807, 2.05) is 0 Å². The van der Waals surface area contributed by atoms with Crippen molar-refractivity contribution in [1.82, 2.24) is 9.20 Å². The van der Waals surface area contributed by atoms with E-state index in [9.17, 15) is 32.7 Å². The molecule has 0 fully saturated rings. The highest BCUT2D eigenvalue weighted by Crippen LogP contribution is 2.29. The van der Waals surface area contributed by atoms with Crippen molar-refractivity contribution in [3.05, 3.63) is 79.5 Å². The zero-order chi connectivity index (χ0) is 21.5. The number of halogens is 3. The number of alkyl halides is 3. The summed E-state index contributed by atoms with van der Waals surface area (Å²) in [5, 5.41) is 18.2. The van der Waals surface area contributed by atoms with Gasteiger partial charge in [0.25, 0.3) is 5.56 Å². The zero-order valence-electron chi connectivity index (χ0n) is 14.6. The summed E-state index contributed by atoms with van der Waals surface area (Å²) >= 11 is 0. The number of aliphatic carboxylic acids is 1. The maximum absolute atomic E-state index is 13.0. The van der Waals surface area contributed by atoms with E-state index in [4.69, 9.17) is 10.8 Å². The molecule has 3 rings (SSSR count). The molecule has 11 heteroatoms. The number of carboxylic acids is 1. The lowest BCUT2D eigenvalue weighted by molar-refractivity contribution is -0.138. The number of hydrogen-bond donors (Lipinski definition) is 3. The molecule has 0 saturated carbocycles. The van der Waals surface area contributed by atoms with Gasteiger partial charge in [-0.2, -0.15) is 13.2 Å². The van der Waals surface area contributed by atoms with Crippen LogP contribution in [0.5, 0.6) is 0 Å². The molecule has 3 aromatic rings. The first-order valence-electron chi connectivity index (χ1n) is 8.14. The van der Waals surface area contributed by atoms with Gasteiger partial charge in [-0.15, -0.1) is 0 Å². The predicted octanol–water partition coefficient (Wildman–Crippen LogP) is 0.325. The van der Waals surface area contributed by atoms with Gasteiger partial charge in [0.15, 0.2) is 6.04 Å². The topological polar surface area (TPSA) is 127 Å². The number of nitrogens with two attached hydrogens (primary N) is 1. The lowest BCUT2D eigenvalue weighted by atomic mass is 10.1. The number of carboxylic acid groups (broad SMARTS) is 1. The highest BCUT2D eigenvalue weighted by molar-refractivity contribution is 5.83. The molecular weight excluding hydrogens is 395 g/mol. The predicted molar refractivity (Wildman–Crippen MR) is 95.3 cm³/mol. The fourth-order valence-electron chi connectivity index (χ4n) is 2.88. The first-order chi connectivity index (χ1) is 13.5. The van der Waals surface area contributed by atoms with E-state index >= 15 is 0 Å². The average molecular weight is 409 g/mol. The van der Waals surface area contributed by atoms with Crippen LogP contribution in [-0.2, 0) is 17.5 Å². The number of aliphatic hydroxyl groups excluding tert-OH is 1.